The smallest absolute Gasteiger partial charge is 0.128 e. The van der Waals surface area contributed by atoms with Crippen LogP contribution in [0.3, 0.4) is 0 Å². The minimum Gasteiger partial charge on any atom is -0.312 e. The highest BCUT2D eigenvalue weighted by molar-refractivity contribution is 5.21. The van der Waals surface area contributed by atoms with Crippen molar-refractivity contribution in [1.29, 1.82) is 0 Å². The molecule has 0 aliphatic carbocycles. The molecule has 1 aliphatic heterocycles. The lowest BCUT2D eigenvalue weighted by Gasteiger charge is -2.16. The van der Waals surface area contributed by atoms with E-state index >= 15 is 0 Å². The molecule has 0 radical (unpaired) electrons. The Morgan fingerprint density at radius 1 is 1.11 bits per heavy atom. The van der Waals surface area contributed by atoms with Gasteiger partial charge in [0.1, 0.15) is 5.82 Å². The van der Waals surface area contributed by atoms with E-state index < -0.39 is 0 Å². The van der Waals surface area contributed by atoms with Crippen molar-refractivity contribution in [2.24, 2.45) is 0 Å². The fourth-order valence-corrected chi connectivity index (χ4v) is 2.30. The molecule has 1 aromatic heterocycles. The third kappa shape index (κ3) is 2.57. The van der Waals surface area contributed by atoms with Crippen LogP contribution in [0.15, 0.2) is 36.5 Å². The second kappa shape index (κ2) is 5.27. The first-order valence-corrected chi connectivity index (χ1v) is 6.50. The van der Waals surface area contributed by atoms with E-state index in [1.54, 1.807) is 0 Å². The van der Waals surface area contributed by atoms with Gasteiger partial charge in [-0.05, 0) is 12.0 Å². The number of nitrogens with zero attached hydrogens (tertiary/aromatic N) is 2. The van der Waals surface area contributed by atoms with Gasteiger partial charge in [-0.3, -0.25) is 0 Å². The van der Waals surface area contributed by atoms with Crippen molar-refractivity contribution in [2.75, 3.05) is 6.54 Å². The molecule has 1 aromatic carbocycles. The summed E-state index contributed by atoms with van der Waals surface area (Å²) in [5.74, 6) is 0.972. The van der Waals surface area contributed by atoms with Crippen LogP contribution in [0.1, 0.15) is 22.6 Å². The molecule has 1 N–H and O–H groups in total. The Morgan fingerprint density at radius 2 is 2.00 bits per heavy atom. The van der Waals surface area contributed by atoms with Crippen molar-refractivity contribution in [3.8, 4) is 0 Å². The minimum absolute atomic E-state index is 0.911. The predicted octanol–water partition coefficient (Wildman–Crippen LogP) is 1.91. The van der Waals surface area contributed by atoms with Gasteiger partial charge in [-0.25, -0.2) is 9.97 Å². The molecule has 2 heterocycles. The zero-order valence-electron chi connectivity index (χ0n) is 10.4. The fraction of sp³-hybridized carbons (Fsp3) is 0.333. The molecule has 0 atom stereocenters. The van der Waals surface area contributed by atoms with E-state index in [1.807, 2.05) is 12.3 Å². The largest absolute Gasteiger partial charge is 0.312 e. The summed E-state index contributed by atoms with van der Waals surface area (Å²) in [7, 11) is 0. The van der Waals surface area contributed by atoms with E-state index in [-0.39, 0.29) is 0 Å². The summed E-state index contributed by atoms with van der Waals surface area (Å²) < 4.78 is 0. The van der Waals surface area contributed by atoms with Crippen LogP contribution in [-0.2, 0) is 25.8 Å². The van der Waals surface area contributed by atoms with Crippen LogP contribution in [0, 0.1) is 0 Å². The lowest BCUT2D eigenvalue weighted by atomic mass is 10.1. The lowest BCUT2D eigenvalue weighted by molar-refractivity contribution is 0.619. The number of hydrogen-bond acceptors (Lipinski definition) is 3. The number of aryl methyl sites for hydroxylation is 2. The highest BCUT2D eigenvalue weighted by Gasteiger charge is 2.11. The Bertz CT molecular complexity index is 523. The quantitative estimate of drug-likeness (QED) is 0.889. The van der Waals surface area contributed by atoms with Crippen LogP contribution < -0.4 is 5.32 Å². The van der Waals surface area contributed by atoms with Crippen LogP contribution in [0.2, 0.25) is 0 Å². The van der Waals surface area contributed by atoms with Crippen LogP contribution in [0.5, 0.6) is 0 Å². The first kappa shape index (κ1) is 11.4. The number of hydrogen-bond donors (Lipinski definition) is 1. The van der Waals surface area contributed by atoms with Crippen LogP contribution >= 0.6 is 0 Å². The topological polar surface area (TPSA) is 37.8 Å². The summed E-state index contributed by atoms with van der Waals surface area (Å²) in [6.07, 6.45) is 4.94. The number of aromatic nitrogens is 2. The summed E-state index contributed by atoms with van der Waals surface area (Å²) in [5.41, 5.74) is 3.83. The average Bonchev–Trinajstić information content (AvgIpc) is 2.46. The molecule has 0 saturated carbocycles. The zero-order chi connectivity index (χ0) is 12.2. The summed E-state index contributed by atoms with van der Waals surface area (Å²) in [5, 5.41) is 3.34. The van der Waals surface area contributed by atoms with Gasteiger partial charge in [0.25, 0.3) is 0 Å². The maximum atomic E-state index is 4.68. The first-order chi connectivity index (χ1) is 8.92. The zero-order valence-corrected chi connectivity index (χ0v) is 10.4. The lowest BCUT2D eigenvalue weighted by Crippen LogP contribution is -2.25. The fourth-order valence-electron chi connectivity index (χ4n) is 2.30. The average molecular weight is 239 g/mol. The third-order valence-corrected chi connectivity index (χ3v) is 3.34. The summed E-state index contributed by atoms with van der Waals surface area (Å²) in [6, 6.07) is 10.5. The van der Waals surface area contributed by atoms with Crippen LogP contribution in [0.4, 0.5) is 0 Å². The van der Waals surface area contributed by atoms with Crippen LogP contribution in [-0.4, -0.2) is 16.5 Å². The van der Waals surface area contributed by atoms with Crippen molar-refractivity contribution >= 4 is 0 Å². The van der Waals surface area contributed by atoms with Crippen molar-refractivity contribution in [3.05, 3.63) is 59.2 Å². The number of benzene rings is 1. The number of rotatable bonds is 3. The van der Waals surface area contributed by atoms with E-state index in [9.17, 15) is 0 Å². The molecule has 3 rings (SSSR count). The normalized spacial score (nSPS) is 14.2. The molecule has 2 aromatic rings. The van der Waals surface area contributed by atoms with Crippen LogP contribution in [0.25, 0.3) is 0 Å². The molecule has 0 amide bonds. The second-order valence-electron chi connectivity index (χ2n) is 4.67. The molecule has 92 valence electrons. The molecule has 0 spiro atoms. The Morgan fingerprint density at radius 3 is 2.89 bits per heavy atom. The maximum absolute atomic E-state index is 4.68. The minimum atomic E-state index is 0.911. The highest BCUT2D eigenvalue weighted by atomic mass is 14.9. The molecule has 1 aliphatic rings. The van der Waals surface area contributed by atoms with Gasteiger partial charge in [0.2, 0.25) is 0 Å². The van der Waals surface area contributed by atoms with E-state index in [0.29, 0.717) is 0 Å². The molecule has 18 heavy (non-hydrogen) atoms. The van der Waals surface area contributed by atoms with Gasteiger partial charge in [-0.2, -0.15) is 0 Å². The number of nitrogens with one attached hydrogen (secondary N) is 1. The van der Waals surface area contributed by atoms with Crippen molar-refractivity contribution in [1.82, 2.24) is 15.3 Å². The molecule has 0 saturated heterocycles. The van der Waals surface area contributed by atoms with Gasteiger partial charge < -0.3 is 5.32 Å². The van der Waals surface area contributed by atoms with Crippen molar-refractivity contribution < 1.29 is 0 Å². The Labute approximate surface area is 107 Å². The van der Waals surface area contributed by atoms with Gasteiger partial charge in [-0.1, -0.05) is 30.3 Å². The predicted molar refractivity (Wildman–Crippen MR) is 71.3 cm³/mol. The Balaban J connectivity index is 1.70. The summed E-state index contributed by atoms with van der Waals surface area (Å²) in [6.45, 7) is 1.94. The Kier molecular flexibility index (Phi) is 3.33. The summed E-state index contributed by atoms with van der Waals surface area (Å²) in [4.78, 5) is 9.13. The first-order valence-electron chi connectivity index (χ1n) is 6.50. The molecule has 0 bridgehead atoms. The maximum Gasteiger partial charge on any atom is 0.128 e. The van der Waals surface area contributed by atoms with E-state index in [4.69, 9.17) is 0 Å². The third-order valence-electron chi connectivity index (χ3n) is 3.34. The molecule has 3 heteroatoms. The standard InChI is InChI=1S/C15H17N3/c1-2-4-12(5-3-1)6-7-15-17-11-13-10-16-9-8-14(13)18-15/h1-5,11,16H,6-10H2. The van der Waals surface area contributed by atoms with Crippen molar-refractivity contribution in [2.45, 2.75) is 25.8 Å². The molecule has 0 fully saturated rings. The SMILES string of the molecule is c1ccc(CCc2ncc3c(n2)CCNC3)cc1. The van der Waals surface area contributed by atoms with Gasteiger partial charge in [0, 0.05) is 43.4 Å². The van der Waals surface area contributed by atoms with E-state index in [1.165, 1.54) is 16.8 Å². The Hall–Kier alpha value is -1.74. The molecule has 0 unspecified atom stereocenters. The second-order valence-corrected chi connectivity index (χ2v) is 4.67. The molecule has 3 nitrogen and oxygen atoms in total. The van der Waals surface area contributed by atoms with Crippen molar-refractivity contribution in [3.63, 3.8) is 0 Å². The van der Waals surface area contributed by atoms with Gasteiger partial charge in [-0.15, -0.1) is 0 Å². The monoisotopic (exact) mass is 239 g/mol. The highest BCUT2D eigenvalue weighted by Crippen LogP contribution is 2.11. The molecular weight excluding hydrogens is 222 g/mol. The van der Waals surface area contributed by atoms with E-state index in [0.717, 1.165) is 38.2 Å². The van der Waals surface area contributed by atoms with Gasteiger partial charge in [0.05, 0.1) is 0 Å². The summed E-state index contributed by atoms with van der Waals surface area (Å²) >= 11 is 0. The number of fused-ring (bicyclic) bond motifs is 1. The van der Waals surface area contributed by atoms with E-state index in [2.05, 4.69) is 39.6 Å². The van der Waals surface area contributed by atoms with Gasteiger partial charge >= 0.3 is 0 Å². The van der Waals surface area contributed by atoms with Gasteiger partial charge in [0.15, 0.2) is 0 Å². The molecular formula is C15H17N3.